The van der Waals surface area contributed by atoms with Gasteiger partial charge in [-0.15, -0.1) is 11.3 Å². The Morgan fingerprint density at radius 1 is 1.14 bits per heavy atom. The number of hydrogen-bond acceptors (Lipinski definition) is 5. The number of carbonyl (C=O) groups is 2. The molecule has 0 unspecified atom stereocenters. The number of ether oxygens (including phenoxy) is 2. The van der Waals surface area contributed by atoms with E-state index in [1.165, 1.54) is 11.3 Å². The van der Waals surface area contributed by atoms with Crippen LogP contribution in [0.15, 0.2) is 53.9 Å². The van der Waals surface area contributed by atoms with Crippen molar-refractivity contribution >= 4 is 50.8 Å². The van der Waals surface area contributed by atoms with E-state index in [1.807, 2.05) is 41.8 Å². The van der Waals surface area contributed by atoms with Gasteiger partial charge in [0.1, 0.15) is 16.3 Å². The molecule has 0 aliphatic carbocycles. The summed E-state index contributed by atoms with van der Waals surface area (Å²) < 4.78 is 11.4. The number of rotatable bonds is 6. The van der Waals surface area contributed by atoms with Crippen LogP contribution < -0.4 is 10.1 Å². The number of carbonyl (C=O) groups excluding carboxylic acids is 2. The molecule has 0 bridgehead atoms. The average Bonchev–Trinajstić information content (AvgIpc) is 3.11. The van der Waals surface area contributed by atoms with Crippen molar-refractivity contribution in [1.29, 1.82) is 0 Å². The van der Waals surface area contributed by atoms with Crippen molar-refractivity contribution in [3.8, 4) is 16.9 Å². The molecule has 7 heteroatoms. The molecule has 0 atom stereocenters. The molecular formula is C21H18INO4S. The molecule has 3 aromatic rings. The third-order valence-electron chi connectivity index (χ3n) is 3.99. The lowest BCUT2D eigenvalue weighted by Crippen LogP contribution is -2.15. The highest BCUT2D eigenvalue weighted by Gasteiger charge is 2.23. The van der Waals surface area contributed by atoms with Crippen LogP contribution in [-0.4, -0.2) is 25.6 Å². The fourth-order valence-electron chi connectivity index (χ4n) is 2.64. The van der Waals surface area contributed by atoms with Crippen LogP contribution in [0.5, 0.6) is 5.75 Å². The number of halogens is 1. The van der Waals surface area contributed by atoms with E-state index in [4.69, 9.17) is 9.47 Å². The number of hydrogen-bond donors (Lipinski definition) is 1. The Morgan fingerprint density at radius 3 is 2.54 bits per heavy atom. The maximum atomic E-state index is 12.7. The molecule has 0 saturated heterocycles. The second-order valence-corrected chi connectivity index (χ2v) is 7.89. The molecule has 0 aliphatic rings. The highest BCUT2D eigenvalue weighted by molar-refractivity contribution is 14.1. The predicted octanol–water partition coefficient (Wildman–Crippen LogP) is 5.46. The summed E-state index contributed by atoms with van der Waals surface area (Å²) in [6, 6.07) is 14.6. The smallest absolute Gasteiger partial charge is 0.341 e. The van der Waals surface area contributed by atoms with Gasteiger partial charge in [-0.3, -0.25) is 4.79 Å². The molecule has 0 fully saturated rings. The number of methoxy groups -OCH3 is 1. The van der Waals surface area contributed by atoms with E-state index >= 15 is 0 Å². The van der Waals surface area contributed by atoms with Gasteiger partial charge in [-0.25, -0.2) is 4.79 Å². The van der Waals surface area contributed by atoms with Crippen molar-refractivity contribution in [3.05, 3.63) is 68.6 Å². The fraction of sp³-hybridized carbons (Fsp3) is 0.143. The summed E-state index contributed by atoms with van der Waals surface area (Å²) in [4.78, 5) is 25.3. The lowest BCUT2D eigenvalue weighted by molar-refractivity contribution is 0.0529. The molecule has 1 aromatic heterocycles. The molecular weight excluding hydrogens is 489 g/mol. The van der Waals surface area contributed by atoms with Gasteiger partial charge in [0.25, 0.3) is 5.91 Å². The van der Waals surface area contributed by atoms with Crippen LogP contribution in [0.25, 0.3) is 11.1 Å². The van der Waals surface area contributed by atoms with Crippen LogP contribution in [-0.2, 0) is 4.74 Å². The lowest BCUT2D eigenvalue weighted by Gasteiger charge is -2.09. The monoisotopic (exact) mass is 507 g/mol. The maximum absolute atomic E-state index is 12.7. The van der Waals surface area contributed by atoms with Gasteiger partial charge in [-0.2, -0.15) is 0 Å². The van der Waals surface area contributed by atoms with Crippen LogP contribution in [0.2, 0.25) is 0 Å². The molecule has 0 radical (unpaired) electrons. The number of esters is 1. The molecule has 1 amide bonds. The molecule has 0 saturated carbocycles. The van der Waals surface area contributed by atoms with Crippen molar-refractivity contribution in [1.82, 2.24) is 0 Å². The summed E-state index contributed by atoms with van der Waals surface area (Å²) in [5, 5.41) is 5.17. The summed E-state index contributed by atoms with van der Waals surface area (Å²) >= 11 is 3.45. The average molecular weight is 507 g/mol. The highest BCUT2D eigenvalue weighted by Crippen LogP contribution is 2.37. The summed E-state index contributed by atoms with van der Waals surface area (Å²) in [5.41, 5.74) is 2.44. The van der Waals surface area contributed by atoms with Gasteiger partial charge in [-0.1, -0.05) is 18.2 Å². The largest absolute Gasteiger partial charge is 0.497 e. The predicted molar refractivity (Wildman–Crippen MR) is 119 cm³/mol. The van der Waals surface area contributed by atoms with E-state index in [1.54, 1.807) is 26.2 Å². The van der Waals surface area contributed by atoms with Crippen LogP contribution in [0.1, 0.15) is 27.6 Å². The Bertz CT molecular complexity index is 998. The third kappa shape index (κ3) is 4.53. The molecule has 1 heterocycles. The van der Waals surface area contributed by atoms with Crippen molar-refractivity contribution < 1.29 is 19.1 Å². The van der Waals surface area contributed by atoms with E-state index in [2.05, 4.69) is 27.9 Å². The fourth-order valence-corrected chi connectivity index (χ4v) is 4.14. The Balaban J connectivity index is 1.97. The van der Waals surface area contributed by atoms with Gasteiger partial charge >= 0.3 is 5.97 Å². The van der Waals surface area contributed by atoms with Crippen molar-refractivity contribution in [3.63, 3.8) is 0 Å². The first-order chi connectivity index (χ1) is 13.5. The number of benzene rings is 2. The van der Waals surface area contributed by atoms with Crippen molar-refractivity contribution in [2.75, 3.05) is 19.0 Å². The highest BCUT2D eigenvalue weighted by atomic mass is 127. The molecule has 28 heavy (non-hydrogen) atoms. The number of nitrogens with one attached hydrogen (secondary N) is 1. The zero-order chi connectivity index (χ0) is 20.1. The van der Waals surface area contributed by atoms with Crippen molar-refractivity contribution in [2.45, 2.75) is 6.92 Å². The molecule has 3 rings (SSSR count). The topological polar surface area (TPSA) is 64.6 Å². The molecule has 1 N–H and O–H groups in total. The minimum Gasteiger partial charge on any atom is -0.497 e. The molecule has 5 nitrogen and oxygen atoms in total. The van der Waals surface area contributed by atoms with Crippen LogP contribution >= 0.6 is 33.9 Å². The van der Waals surface area contributed by atoms with E-state index in [0.29, 0.717) is 21.7 Å². The van der Waals surface area contributed by atoms with Gasteiger partial charge in [0.05, 0.1) is 13.7 Å². The van der Waals surface area contributed by atoms with Crippen LogP contribution in [0.3, 0.4) is 0 Å². The van der Waals surface area contributed by atoms with Gasteiger partial charge in [0.2, 0.25) is 0 Å². The van der Waals surface area contributed by atoms with E-state index in [-0.39, 0.29) is 12.5 Å². The van der Waals surface area contributed by atoms with E-state index < -0.39 is 5.97 Å². The Morgan fingerprint density at radius 2 is 1.89 bits per heavy atom. The van der Waals surface area contributed by atoms with Gasteiger partial charge in [0.15, 0.2) is 0 Å². The zero-order valence-corrected chi connectivity index (χ0v) is 18.3. The Labute approximate surface area is 180 Å². The van der Waals surface area contributed by atoms with Gasteiger partial charge in [-0.05, 0) is 65.4 Å². The normalized spacial score (nSPS) is 10.4. The first-order valence-electron chi connectivity index (χ1n) is 8.53. The SMILES string of the molecule is CCOC(=O)c1c(-c2ccc(OC)cc2)csc1NC(=O)c1cccc(I)c1. The van der Waals surface area contributed by atoms with E-state index in [0.717, 1.165) is 14.9 Å². The minimum atomic E-state index is -0.465. The summed E-state index contributed by atoms with van der Waals surface area (Å²) in [5.74, 6) is -0.0106. The van der Waals surface area contributed by atoms with E-state index in [9.17, 15) is 9.59 Å². The third-order valence-corrected chi connectivity index (χ3v) is 5.55. The quantitative estimate of drug-likeness (QED) is 0.356. The summed E-state index contributed by atoms with van der Waals surface area (Å²) in [7, 11) is 1.60. The molecule has 144 valence electrons. The summed E-state index contributed by atoms with van der Waals surface area (Å²) in [6.07, 6.45) is 0. The molecule has 0 aliphatic heterocycles. The minimum absolute atomic E-state index is 0.251. The molecule has 2 aromatic carbocycles. The second-order valence-electron chi connectivity index (χ2n) is 5.77. The molecule has 0 spiro atoms. The summed E-state index contributed by atoms with van der Waals surface area (Å²) in [6.45, 7) is 2.00. The lowest BCUT2D eigenvalue weighted by atomic mass is 10.0. The van der Waals surface area contributed by atoms with Crippen LogP contribution in [0.4, 0.5) is 5.00 Å². The number of thiophene rings is 1. The zero-order valence-electron chi connectivity index (χ0n) is 15.3. The van der Waals surface area contributed by atoms with Crippen molar-refractivity contribution in [2.24, 2.45) is 0 Å². The van der Waals surface area contributed by atoms with Gasteiger partial charge < -0.3 is 14.8 Å². The Hall–Kier alpha value is -2.39. The first kappa shape index (κ1) is 20.3. The first-order valence-corrected chi connectivity index (χ1v) is 10.5. The van der Waals surface area contributed by atoms with Gasteiger partial charge in [0, 0.05) is 20.1 Å². The Kier molecular flexibility index (Phi) is 6.69. The van der Waals surface area contributed by atoms with Crippen LogP contribution in [0, 0.1) is 3.57 Å². The maximum Gasteiger partial charge on any atom is 0.341 e. The number of amides is 1. The standard InChI is InChI=1S/C21H18INO4S/c1-3-27-21(25)18-17(13-7-9-16(26-2)10-8-13)12-28-20(18)23-19(24)14-5-4-6-15(22)11-14/h4-12H,3H2,1-2H3,(H,23,24). The second kappa shape index (κ2) is 9.20. The number of anilines is 1.